The van der Waals surface area contributed by atoms with Crippen molar-refractivity contribution < 1.29 is 14.3 Å². The second kappa shape index (κ2) is 9.93. The number of ether oxygens (including phenoxy) is 1. The molecule has 7 nitrogen and oxygen atoms in total. The zero-order chi connectivity index (χ0) is 24.2. The highest BCUT2D eigenvalue weighted by molar-refractivity contribution is 5.98. The lowest BCUT2D eigenvalue weighted by atomic mass is 9.89. The van der Waals surface area contributed by atoms with Gasteiger partial charge in [0.05, 0.1) is 12.8 Å². The average molecular weight is 467 g/mol. The maximum atomic E-state index is 13.3. The van der Waals surface area contributed by atoms with Crippen molar-refractivity contribution in [2.24, 2.45) is 5.92 Å². The Hall–Kier alpha value is -4.26. The van der Waals surface area contributed by atoms with Crippen molar-refractivity contribution in [1.82, 2.24) is 19.7 Å². The fourth-order valence-corrected chi connectivity index (χ4v) is 4.40. The van der Waals surface area contributed by atoms with Crippen LogP contribution in [0.5, 0.6) is 5.75 Å². The molecule has 35 heavy (non-hydrogen) atoms. The largest absolute Gasteiger partial charge is 0.497 e. The van der Waals surface area contributed by atoms with Crippen LogP contribution in [0.25, 0.3) is 17.1 Å². The quantitative estimate of drug-likeness (QED) is 0.386. The number of hydrogen-bond donors (Lipinski definition) is 0. The number of carbonyl (C=O) groups is 2. The summed E-state index contributed by atoms with van der Waals surface area (Å²) < 4.78 is 6.89. The van der Waals surface area contributed by atoms with E-state index >= 15 is 0 Å². The summed E-state index contributed by atoms with van der Waals surface area (Å²) in [6, 6.07) is 26.6. The molecule has 1 saturated heterocycles. The molecular formula is C28H26N4O3. The van der Waals surface area contributed by atoms with Crippen LogP contribution in [0.2, 0.25) is 0 Å². The lowest BCUT2D eigenvalue weighted by molar-refractivity contribution is 0.0640. The minimum atomic E-state index is -0.216. The molecule has 0 N–H and O–H groups in total. The van der Waals surface area contributed by atoms with Crippen molar-refractivity contribution in [3.05, 3.63) is 96.3 Å². The van der Waals surface area contributed by atoms with Crippen molar-refractivity contribution in [3.63, 3.8) is 0 Å². The van der Waals surface area contributed by atoms with E-state index in [1.54, 1.807) is 41.0 Å². The monoisotopic (exact) mass is 466 g/mol. The lowest BCUT2D eigenvalue weighted by Crippen LogP contribution is -2.40. The number of piperidine rings is 1. The molecule has 1 amide bonds. The first-order valence-electron chi connectivity index (χ1n) is 11.7. The van der Waals surface area contributed by atoms with Crippen LogP contribution in [0.1, 0.15) is 33.8 Å². The van der Waals surface area contributed by atoms with Crippen molar-refractivity contribution >= 4 is 11.7 Å². The van der Waals surface area contributed by atoms with E-state index in [0.717, 1.165) is 17.0 Å². The summed E-state index contributed by atoms with van der Waals surface area (Å²) in [6.07, 6.45) is 1.23. The van der Waals surface area contributed by atoms with Gasteiger partial charge >= 0.3 is 0 Å². The van der Waals surface area contributed by atoms with Crippen molar-refractivity contribution in [2.45, 2.75) is 12.8 Å². The van der Waals surface area contributed by atoms with Gasteiger partial charge in [-0.25, -0.2) is 9.67 Å². The first kappa shape index (κ1) is 22.5. The third-order valence-corrected chi connectivity index (χ3v) is 6.36. The Kier molecular flexibility index (Phi) is 6.39. The van der Waals surface area contributed by atoms with Gasteiger partial charge in [-0.15, -0.1) is 5.10 Å². The third kappa shape index (κ3) is 4.71. The van der Waals surface area contributed by atoms with Gasteiger partial charge < -0.3 is 9.64 Å². The van der Waals surface area contributed by atoms with Crippen LogP contribution in [0, 0.1) is 5.92 Å². The molecule has 7 heteroatoms. The van der Waals surface area contributed by atoms with Crippen LogP contribution in [0.15, 0.2) is 84.9 Å². The summed E-state index contributed by atoms with van der Waals surface area (Å²) in [5.74, 6) is 1.28. The Morgan fingerprint density at radius 2 is 1.49 bits per heavy atom. The van der Waals surface area contributed by atoms with E-state index in [-0.39, 0.29) is 23.4 Å². The van der Waals surface area contributed by atoms with Crippen molar-refractivity contribution in [3.8, 4) is 22.8 Å². The summed E-state index contributed by atoms with van der Waals surface area (Å²) in [5, 5.41) is 4.59. The van der Waals surface area contributed by atoms with Gasteiger partial charge in [0, 0.05) is 30.1 Å². The number of hydrogen-bond acceptors (Lipinski definition) is 5. The molecule has 5 rings (SSSR count). The van der Waals surface area contributed by atoms with E-state index < -0.39 is 0 Å². The number of para-hydroxylation sites is 1. The molecule has 176 valence electrons. The highest BCUT2D eigenvalue weighted by atomic mass is 16.5. The SMILES string of the molecule is COc1ccc(C(=O)C2CCN(C(=O)c3nc(-c4ccccc4)n(-c4ccccc4)n3)CC2)cc1. The third-order valence-electron chi connectivity index (χ3n) is 6.36. The molecular weight excluding hydrogens is 440 g/mol. The summed E-state index contributed by atoms with van der Waals surface area (Å²) >= 11 is 0. The summed E-state index contributed by atoms with van der Waals surface area (Å²) in [5.41, 5.74) is 2.39. The molecule has 2 heterocycles. The van der Waals surface area contributed by atoms with E-state index in [1.807, 2.05) is 60.7 Å². The Morgan fingerprint density at radius 1 is 0.857 bits per heavy atom. The Morgan fingerprint density at radius 3 is 2.11 bits per heavy atom. The van der Waals surface area contributed by atoms with Crippen LogP contribution >= 0.6 is 0 Å². The topological polar surface area (TPSA) is 77.3 Å². The maximum Gasteiger partial charge on any atom is 0.293 e. The molecule has 0 saturated carbocycles. The number of ketones is 1. The van der Waals surface area contributed by atoms with Gasteiger partial charge in [0.25, 0.3) is 5.91 Å². The maximum absolute atomic E-state index is 13.3. The van der Waals surface area contributed by atoms with Crippen LogP contribution in [0.4, 0.5) is 0 Å². The molecule has 0 atom stereocenters. The van der Waals surface area contributed by atoms with Gasteiger partial charge in [-0.2, -0.15) is 0 Å². The highest BCUT2D eigenvalue weighted by Crippen LogP contribution is 2.25. The molecule has 0 spiro atoms. The van der Waals surface area contributed by atoms with Gasteiger partial charge in [0.1, 0.15) is 5.75 Å². The number of nitrogens with zero attached hydrogens (tertiary/aromatic N) is 4. The minimum Gasteiger partial charge on any atom is -0.497 e. The highest BCUT2D eigenvalue weighted by Gasteiger charge is 2.30. The first-order valence-corrected chi connectivity index (χ1v) is 11.7. The van der Waals surface area contributed by atoms with Gasteiger partial charge in [0.15, 0.2) is 11.6 Å². The lowest BCUT2D eigenvalue weighted by Gasteiger charge is -2.30. The van der Waals surface area contributed by atoms with Gasteiger partial charge in [0.2, 0.25) is 5.82 Å². The fraction of sp³-hybridized carbons (Fsp3) is 0.214. The van der Waals surface area contributed by atoms with Crippen LogP contribution in [-0.4, -0.2) is 51.6 Å². The number of methoxy groups -OCH3 is 1. The number of rotatable bonds is 6. The van der Waals surface area contributed by atoms with Crippen LogP contribution in [0.3, 0.4) is 0 Å². The standard InChI is InChI=1S/C28H26N4O3/c1-35-24-14-12-20(13-15-24)25(33)21-16-18-31(19-17-21)28(34)26-29-27(22-8-4-2-5-9-22)32(30-26)23-10-6-3-7-11-23/h2-15,21H,16-19H2,1H3. The van der Waals surface area contributed by atoms with E-state index in [2.05, 4.69) is 10.1 Å². The first-order chi connectivity index (χ1) is 17.1. The molecule has 1 aliphatic heterocycles. The summed E-state index contributed by atoms with van der Waals surface area (Å²) in [6.45, 7) is 0.984. The Balaban J connectivity index is 1.33. The van der Waals surface area contributed by atoms with E-state index in [9.17, 15) is 9.59 Å². The minimum absolute atomic E-state index is 0.109. The molecule has 0 aliphatic carbocycles. The Labute approximate surface area is 204 Å². The van der Waals surface area contributed by atoms with E-state index in [0.29, 0.717) is 37.3 Å². The second-order valence-corrected chi connectivity index (χ2v) is 8.53. The van der Waals surface area contributed by atoms with Crippen LogP contribution in [-0.2, 0) is 0 Å². The van der Waals surface area contributed by atoms with Crippen molar-refractivity contribution in [1.29, 1.82) is 0 Å². The van der Waals surface area contributed by atoms with Gasteiger partial charge in [-0.3, -0.25) is 9.59 Å². The van der Waals surface area contributed by atoms with E-state index in [4.69, 9.17) is 4.74 Å². The Bertz CT molecular complexity index is 1250. The molecule has 1 aromatic heterocycles. The number of aromatic nitrogens is 3. The zero-order valence-electron chi connectivity index (χ0n) is 19.5. The molecule has 1 fully saturated rings. The summed E-state index contributed by atoms with van der Waals surface area (Å²) in [4.78, 5) is 32.6. The fourth-order valence-electron chi connectivity index (χ4n) is 4.40. The molecule has 4 aromatic rings. The van der Waals surface area contributed by atoms with Gasteiger partial charge in [-0.05, 0) is 49.2 Å². The van der Waals surface area contributed by atoms with Crippen LogP contribution < -0.4 is 4.74 Å². The number of likely N-dealkylation sites (tertiary alicyclic amines) is 1. The van der Waals surface area contributed by atoms with Gasteiger partial charge in [-0.1, -0.05) is 48.5 Å². The molecule has 0 radical (unpaired) electrons. The number of Topliss-reactive ketones (excluding diaryl/α,β-unsaturated/α-hetero) is 1. The zero-order valence-corrected chi connectivity index (χ0v) is 19.5. The van der Waals surface area contributed by atoms with E-state index in [1.165, 1.54) is 0 Å². The molecule has 0 bridgehead atoms. The second-order valence-electron chi connectivity index (χ2n) is 8.53. The number of amides is 1. The predicted molar refractivity (Wildman–Crippen MR) is 133 cm³/mol. The van der Waals surface area contributed by atoms with Crippen molar-refractivity contribution in [2.75, 3.05) is 20.2 Å². The molecule has 1 aliphatic rings. The predicted octanol–water partition coefficient (Wildman–Crippen LogP) is 4.68. The summed E-state index contributed by atoms with van der Waals surface area (Å²) in [7, 11) is 1.60. The average Bonchev–Trinajstić information content (AvgIpc) is 3.39. The number of carbonyl (C=O) groups excluding carboxylic acids is 2. The molecule has 0 unspecified atom stereocenters. The number of benzene rings is 3. The molecule has 3 aromatic carbocycles. The normalized spacial score (nSPS) is 14.0. The smallest absolute Gasteiger partial charge is 0.293 e.